The zero-order chi connectivity index (χ0) is 33.8. The minimum absolute atomic E-state index is 0.500. The van der Waals surface area contributed by atoms with Gasteiger partial charge < -0.3 is 9.32 Å². The molecular weight excluding hydrogens is 619 g/mol. The fraction of sp³-hybridized carbons (Fsp3) is 0.0204. The van der Waals surface area contributed by atoms with Gasteiger partial charge in [-0.1, -0.05) is 158 Å². The predicted octanol–water partition coefficient (Wildman–Crippen LogP) is 13.1. The van der Waals surface area contributed by atoms with Crippen LogP contribution in [-0.4, -0.2) is 0 Å². The molecule has 0 spiro atoms. The molecule has 1 aliphatic rings. The van der Waals surface area contributed by atoms with Crippen molar-refractivity contribution in [2.75, 3.05) is 4.90 Å². The van der Waals surface area contributed by atoms with Gasteiger partial charge in [-0.2, -0.15) is 0 Å². The van der Waals surface area contributed by atoms with Crippen molar-refractivity contribution in [1.82, 2.24) is 0 Å². The van der Waals surface area contributed by atoms with Crippen LogP contribution in [0.4, 0.5) is 17.1 Å². The van der Waals surface area contributed by atoms with Gasteiger partial charge >= 0.3 is 0 Å². The van der Waals surface area contributed by atoms with Crippen LogP contribution < -0.4 is 4.90 Å². The molecule has 1 heterocycles. The highest BCUT2D eigenvalue weighted by atomic mass is 16.3. The molecule has 2 nitrogen and oxygen atoms in total. The third-order valence-corrected chi connectivity index (χ3v) is 10.6. The first-order valence-corrected chi connectivity index (χ1v) is 17.5. The molecule has 1 aromatic heterocycles. The monoisotopic (exact) mass is 651 g/mol. The van der Waals surface area contributed by atoms with Gasteiger partial charge in [-0.25, -0.2) is 0 Å². The van der Waals surface area contributed by atoms with Gasteiger partial charge in [-0.05, 0) is 81.4 Å². The van der Waals surface area contributed by atoms with Crippen molar-refractivity contribution in [3.05, 3.63) is 222 Å². The minimum atomic E-state index is -0.500. The molecule has 1 aliphatic carbocycles. The largest absolute Gasteiger partial charge is 0.456 e. The maximum atomic E-state index is 6.70. The Morgan fingerprint density at radius 1 is 0.392 bits per heavy atom. The molecular formula is C49H33NO. The molecule has 2 heteroatoms. The molecule has 0 radical (unpaired) electrons. The van der Waals surface area contributed by atoms with Gasteiger partial charge in [0.15, 0.2) is 0 Å². The Morgan fingerprint density at radius 3 is 1.67 bits per heavy atom. The first-order chi connectivity index (χ1) is 25.3. The number of hydrogen-bond acceptors (Lipinski definition) is 2. The van der Waals surface area contributed by atoms with Crippen LogP contribution >= 0.6 is 0 Å². The quantitative estimate of drug-likeness (QED) is 0.178. The second kappa shape index (κ2) is 11.8. The lowest BCUT2D eigenvalue weighted by molar-refractivity contribution is 0.668. The molecule has 0 saturated carbocycles. The summed E-state index contributed by atoms with van der Waals surface area (Å²) >= 11 is 0. The Bertz CT molecular complexity index is 2650. The van der Waals surface area contributed by atoms with Crippen LogP contribution in [0.2, 0.25) is 0 Å². The summed E-state index contributed by atoms with van der Waals surface area (Å²) in [6.07, 6.45) is 0. The smallest absolute Gasteiger partial charge is 0.137 e. The summed E-state index contributed by atoms with van der Waals surface area (Å²) in [5.74, 6) is 0. The summed E-state index contributed by atoms with van der Waals surface area (Å²) in [6, 6.07) is 72.1. The van der Waals surface area contributed by atoms with Gasteiger partial charge in [0.25, 0.3) is 0 Å². The molecule has 0 fully saturated rings. The molecule has 240 valence electrons. The second-order valence-electron chi connectivity index (χ2n) is 13.2. The maximum Gasteiger partial charge on any atom is 0.137 e. The molecule has 0 amide bonds. The van der Waals surface area contributed by atoms with Crippen molar-refractivity contribution in [3.8, 4) is 22.3 Å². The average molecular weight is 652 g/mol. The molecule has 51 heavy (non-hydrogen) atoms. The van der Waals surface area contributed by atoms with Crippen LogP contribution in [0.5, 0.6) is 0 Å². The Kier molecular flexibility index (Phi) is 6.75. The summed E-state index contributed by atoms with van der Waals surface area (Å²) < 4.78 is 6.70. The van der Waals surface area contributed by atoms with Crippen LogP contribution in [0.15, 0.2) is 205 Å². The van der Waals surface area contributed by atoms with E-state index < -0.39 is 5.41 Å². The van der Waals surface area contributed by atoms with E-state index in [9.17, 15) is 0 Å². The van der Waals surface area contributed by atoms with E-state index in [1.54, 1.807) is 0 Å². The van der Waals surface area contributed by atoms with E-state index in [4.69, 9.17) is 4.42 Å². The van der Waals surface area contributed by atoms with E-state index in [-0.39, 0.29) is 0 Å². The summed E-state index contributed by atoms with van der Waals surface area (Å²) in [5.41, 5.74) is 14.4. The molecule has 0 bridgehead atoms. The van der Waals surface area contributed by atoms with Crippen molar-refractivity contribution in [3.63, 3.8) is 0 Å². The molecule has 0 unspecified atom stereocenters. The lowest BCUT2D eigenvalue weighted by Gasteiger charge is -2.34. The molecule has 10 rings (SSSR count). The van der Waals surface area contributed by atoms with Gasteiger partial charge in [0, 0.05) is 16.6 Å². The minimum Gasteiger partial charge on any atom is -0.456 e. The number of anilines is 3. The first kappa shape index (κ1) is 29.3. The highest BCUT2D eigenvalue weighted by molar-refractivity contribution is 6.14. The first-order valence-electron chi connectivity index (χ1n) is 17.5. The maximum absolute atomic E-state index is 6.70. The number of furan rings is 1. The number of hydrogen-bond donors (Lipinski definition) is 0. The van der Waals surface area contributed by atoms with Gasteiger partial charge in [0.1, 0.15) is 11.2 Å². The number of benzene rings is 8. The highest BCUT2D eigenvalue weighted by Gasteiger charge is 2.46. The fourth-order valence-corrected chi connectivity index (χ4v) is 8.46. The van der Waals surface area contributed by atoms with Crippen molar-refractivity contribution < 1.29 is 4.42 Å². The van der Waals surface area contributed by atoms with Gasteiger partial charge in [0.05, 0.1) is 22.2 Å². The van der Waals surface area contributed by atoms with Gasteiger partial charge in [-0.15, -0.1) is 0 Å². The molecule has 9 aromatic rings. The number of nitrogens with zero attached hydrogens (tertiary/aromatic N) is 1. The zero-order valence-corrected chi connectivity index (χ0v) is 27.9. The van der Waals surface area contributed by atoms with Crippen LogP contribution in [-0.2, 0) is 5.41 Å². The van der Waals surface area contributed by atoms with Gasteiger partial charge in [0.2, 0.25) is 0 Å². The lowest BCUT2D eigenvalue weighted by Crippen LogP contribution is -2.28. The van der Waals surface area contributed by atoms with Crippen LogP contribution in [0.25, 0.3) is 44.2 Å². The van der Waals surface area contributed by atoms with Crippen molar-refractivity contribution in [2.45, 2.75) is 5.41 Å². The van der Waals surface area contributed by atoms with Crippen LogP contribution in [0.3, 0.4) is 0 Å². The topological polar surface area (TPSA) is 16.4 Å². The second-order valence-corrected chi connectivity index (χ2v) is 13.2. The van der Waals surface area contributed by atoms with E-state index >= 15 is 0 Å². The molecule has 0 saturated heterocycles. The van der Waals surface area contributed by atoms with E-state index in [0.29, 0.717) is 0 Å². The van der Waals surface area contributed by atoms with E-state index in [0.717, 1.165) is 44.6 Å². The van der Waals surface area contributed by atoms with Crippen LogP contribution in [0.1, 0.15) is 22.3 Å². The number of rotatable bonds is 6. The normalized spacial score (nSPS) is 12.9. The highest BCUT2D eigenvalue weighted by Crippen LogP contribution is 2.57. The third kappa shape index (κ3) is 4.43. The summed E-state index contributed by atoms with van der Waals surface area (Å²) in [4.78, 5) is 2.39. The van der Waals surface area contributed by atoms with Crippen LogP contribution in [0, 0.1) is 0 Å². The fourth-order valence-electron chi connectivity index (χ4n) is 8.46. The molecule has 8 aromatic carbocycles. The Labute approximate surface area is 297 Å². The Balaban J connectivity index is 1.28. The van der Waals surface area contributed by atoms with Crippen molar-refractivity contribution in [2.24, 2.45) is 0 Å². The van der Waals surface area contributed by atoms with Crippen molar-refractivity contribution in [1.29, 1.82) is 0 Å². The lowest BCUT2D eigenvalue weighted by atomic mass is 9.67. The Morgan fingerprint density at radius 2 is 0.961 bits per heavy atom. The Hall–Kier alpha value is -6.64. The summed E-state index contributed by atoms with van der Waals surface area (Å²) in [7, 11) is 0. The van der Waals surface area contributed by atoms with E-state index in [1.807, 2.05) is 0 Å². The average Bonchev–Trinajstić information content (AvgIpc) is 3.73. The predicted molar refractivity (Wildman–Crippen MR) is 211 cm³/mol. The number of para-hydroxylation sites is 2. The summed E-state index contributed by atoms with van der Waals surface area (Å²) in [6.45, 7) is 0. The molecule has 0 atom stereocenters. The molecule has 0 aliphatic heterocycles. The van der Waals surface area contributed by atoms with Gasteiger partial charge in [-0.3, -0.25) is 0 Å². The van der Waals surface area contributed by atoms with Crippen molar-refractivity contribution >= 4 is 39.0 Å². The number of fused-ring (bicyclic) bond motifs is 6. The standard InChI is InChI=1S/C49H33NO/c1-4-17-34(18-5-1)38-23-12-15-28-44(38)50(37-21-8-3-9-22-37)45-29-16-30-47-48(45)41-33-36(31-32-46(41)51-47)49(35-19-6-2-7-20-35)42-26-13-10-24-39(42)40-25-11-14-27-43(40)49/h1-33H. The van der Waals surface area contributed by atoms with E-state index in [2.05, 4.69) is 205 Å². The molecule has 0 N–H and O–H groups in total. The SMILES string of the molecule is c1ccc(-c2ccccc2N(c2ccccc2)c2cccc3oc4ccc(C5(c6ccccc6)c6ccccc6-c6ccccc65)cc4c23)cc1. The zero-order valence-electron chi connectivity index (χ0n) is 27.9. The summed E-state index contributed by atoms with van der Waals surface area (Å²) in [5, 5.41) is 2.18. The van der Waals surface area contributed by atoms with E-state index in [1.165, 1.54) is 38.9 Å². The third-order valence-electron chi connectivity index (χ3n) is 10.6.